The number of hydrogen-bond acceptors (Lipinski definition) is 3. The molecule has 0 aromatic rings. The second-order valence-corrected chi connectivity index (χ2v) is 5.25. The molecule has 0 radical (unpaired) electrons. The van der Waals surface area contributed by atoms with E-state index >= 15 is 0 Å². The molecule has 106 valence electrons. The van der Waals surface area contributed by atoms with E-state index < -0.39 is 11.5 Å². The predicted octanol–water partition coefficient (Wildman–Crippen LogP) is 0.900. The zero-order chi connectivity index (χ0) is 14.3. The molecule has 0 aliphatic heterocycles. The molecule has 0 aromatic heterocycles. The number of likely N-dealkylation sites (N-methyl/N-ethyl adjacent to an activating group) is 1. The van der Waals surface area contributed by atoms with Gasteiger partial charge in [0.15, 0.2) is 0 Å². The summed E-state index contributed by atoms with van der Waals surface area (Å²) in [5.41, 5.74) is -0.617. The molecule has 0 rings (SSSR count). The Morgan fingerprint density at radius 1 is 1.39 bits per heavy atom. The zero-order valence-corrected chi connectivity index (χ0v) is 11.6. The van der Waals surface area contributed by atoms with E-state index in [9.17, 15) is 9.59 Å². The van der Waals surface area contributed by atoms with Gasteiger partial charge < -0.3 is 20.4 Å². The van der Waals surface area contributed by atoms with Gasteiger partial charge in [0.25, 0.3) is 0 Å². The van der Waals surface area contributed by atoms with Crippen molar-refractivity contribution in [3.05, 3.63) is 0 Å². The molecule has 0 saturated heterocycles. The SMILES string of the molecule is CC(CCC(=O)O)CNC(=O)N(C)C(C)(C)CO. The molecular formula is C12H24N2O4. The van der Waals surface area contributed by atoms with Crippen molar-refractivity contribution in [1.29, 1.82) is 0 Å². The summed E-state index contributed by atoms with van der Waals surface area (Å²) in [7, 11) is 1.62. The summed E-state index contributed by atoms with van der Waals surface area (Å²) in [6, 6.07) is -0.267. The number of carboxylic acid groups (broad SMARTS) is 1. The number of nitrogens with one attached hydrogen (secondary N) is 1. The maximum Gasteiger partial charge on any atom is 0.317 e. The monoisotopic (exact) mass is 260 g/mol. The van der Waals surface area contributed by atoms with Crippen LogP contribution in [0.25, 0.3) is 0 Å². The molecule has 1 unspecified atom stereocenters. The molecule has 3 N–H and O–H groups in total. The Morgan fingerprint density at radius 2 is 1.94 bits per heavy atom. The quantitative estimate of drug-likeness (QED) is 0.634. The Bertz CT molecular complexity index is 292. The van der Waals surface area contributed by atoms with Crippen LogP contribution >= 0.6 is 0 Å². The highest BCUT2D eigenvalue weighted by Crippen LogP contribution is 2.11. The maximum absolute atomic E-state index is 11.8. The van der Waals surface area contributed by atoms with E-state index in [2.05, 4.69) is 5.32 Å². The van der Waals surface area contributed by atoms with E-state index in [0.717, 1.165) is 0 Å². The molecule has 0 spiro atoms. The Balaban J connectivity index is 4.06. The van der Waals surface area contributed by atoms with E-state index in [1.165, 1.54) is 4.90 Å². The van der Waals surface area contributed by atoms with Crippen LogP contribution in [-0.4, -0.2) is 52.9 Å². The molecule has 18 heavy (non-hydrogen) atoms. The molecule has 2 amide bonds. The molecule has 0 heterocycles. The number of aliphatic hydroxyl groups is 1. The summed E-state index contributed by atoms with van der Waals surface area (Å²) in [4.78, 5) is 23.6. The van der Waals surface area contributed by atoms with Gasteiger partial charge in [0, 0.05) is 20.0 Å². The third-order valence-electron chi connectivity index (χ3n) is 3.05. The Labute approximate surface area is 108 Å². The standard InChI is InChI=1S/C12H24N2O4/c1-9(5-6-10(16)17)7-13-11(18)14(4)12(2,3)8-15/h9,15H,5-8H2,1-4H3,(H,13,18)(H,16,17). The fraction of sp³-hybridized carbons (Fsp3) is 0.833. The predicted molar refractivity (Wildman–Crippen MR) is 68.4 cm³/mol. The number of hydrogen-bond donors (Lipinski definition) is 3. The van der Waals surface area contributed by atoms with Crippen LogP contribution in [0, 0.1) is 5.92 Å². The van der Waals surface area contributed by atoms with Gasteiger partial charge >= 0.3 is 12.0 Å². The molecule has 0 bridgehead atoms. The largest absolute Gasteiger partial charge is 0.481 e. The number of amides is 2. The van der Waals surface area contributed by atoms with Crippen LogP contribution in [0.5, 0.6) is 0 Å². The third kappa shape index (κ3) is 5.86. The van der Waals surface area contributed by atoms with Crippen molar-refractivity contribution in [3.63, 3.8) is 0 Å². The van der Waals surface area contributed by atoms with Crippen molar-refractivity contribution in [2.75, 3.05) is 20.2 Å². The lowest BCUT2D eigenvalue weighted by Gasteiger charge is -2.34. The van der Waals surface area contributed by atoms with Crippen LogP contribution < -0.4 is 5.32 Å². The molecule has 0 fully saturated rings. The average molecular weight is 260 g/mol. The smallest absolute Gasteiger partial charge is 0.317 e. The molecule has 0 aliphatic carbocycles. The lowest BCUT2D eigenvalue weighted by molar-refractivity contribution is -0.137. The molecular weight excluding hydrogens is 236 g/mol. The maximum atomic E-state index is 11.8. The summed E-state index contributed by atoms with van der Waals surface area (Å²) in [6.07, 6.45) is 0.637. The lowest BCUT2D eigenvalue weighted by atomic mass is 10.1. The number of aliphatic carboxylic acids is 1. The number of rotatable bonds is 7. The Morgan fingerprint density at radius 3 is 2.39 bits per heavy atom. The van der Waals surface area contributed by atoms with Gasteiger partial charge in [-0.2, -0.15) is 0 Å². The number of nitrogens with zero attached hydrogens (tertiary/aromatic N) is 1. The topological polar surface area (TPSA) is 89.9 Å². The van der Waals surface area contributed by atoms with Gasteiger partial charge in [-0.25, -0.2) is 4.79 Å². The van der Waals surface area contributed by atoms with Crippen molar-refractivity contribution < 1.29 is 19.8 Å². The summed E-state index contributed by atoms with van der Waals surface area (Å²) < 4.78 is 0. The van der Waals surface area contributed by atoms with E-state index in [1.807, 2.05) is 6.92 Å². The summed E-state index contributed by atoms with van der Waals surface area (Å²) in [5, 5.41) is 20.4. The number of carbonyl (C=O) groups is 2. The van der Waals surface area contributed by atoms with Crippen molar-refractivity contribution in [1.82, 2.24) is 10.2 Å². The molecule has 0 aliphatic rings. The minimum absolute atomic E-state index is 0.106. The highest BCUT2D eigenvalue weighted by atomic mass is 16.4. The second kappa shape index (κ2) is 7.20. The Kier molecular flexibility index (Phi) is 6.68. The first kappa shape index (κ1) is 16.7. The molecule has 6 heteroatoms. The van der Waals surface area contributed by atoms with Crippen LogP contribution in [0.15, 0.2) is 0 Å². The van der Waals surface area contributed by atoms with Gasteiger partial charge in [-0.1, -0.05) is 6.92 Å². The van der Waals surface area contributed by atoms with Crippen LogP contribution in [0.3, 0.4) is 0 Å². The molecule has 6 nitrogen and oxygen atoms in total. The lowest BCUT2D eigenvalue weighted by Crippen LogP contribution is -2.52. The number of urea groups is 1. The van der Waals surface area contributed by atoms with E-state index in [0.29, 0.717) is 13.0 Å². The van der Waals surface area contributed by atoms with Gasteiger partial charge in [0.2, 0.25) is 0 Å². The molecule has 0 saturated carbocycles. The first-order valence-electron chi connectivity index (χ1n) is 6.05. The van der Waals surface area contributed by atoms with Crippen LogP contribution in [0.1, 0.15) is 33.6 Å². The third-order valence-corrected chi connectivity index (χ3v) is 3.05. The molecule has 0 aromatic carbocycles. The number of carbonyl (C=O) groups excluding carboxylic acids is 1. The summed E-state index contributed by atoms with van der Waals surface area (Å²) in [6.45, 7) is 5.73. The van der Waals surface area contributed by atoms with Gasteiger partial charge in [-0.05, 0) is 26.2 Å². The van der Waals surface area contributed by atoms with Gasteiger partial charge in [-0.3, -0.25) is 4.79 Å². The van der Waals surface area contributed by atoms with E-state index in [-0.39, 0.29) is 25.0 Å². The first-order valence-corrected chi connectivity index (χ1v) is 6.05. The van der Waals surface area contributed by atoms with Gasteiger partial charge in [0.05, 0.1) is 12.1 Å². The molecule has 1 atom stereocenters. The van der Waals surface area contributed by atoms with Crippen LogP contribution in [0.4, 0.5) is 4.79 Å². The fourth-order valence-corrected chi connectivity index (χ4v) is 1.23. The summed E-state index contributed by atoms with van der Waals surface area (Å²) in [5.74, 6) is -0.720. The highest BCUT2D eigenvalue weighted by Gasteiger charge is 2.26. The fourth-order valence-electron chi connectivity index (χ4n) is 1.23. The highest BCUT2D eigenvalue weighted by molar-refractivity contribution is 5.74. The second-order valence-electron chi connectivity index (χ2n) is 5.25. The van der Waals surface area contributed by atoms with Crippen molar-refractivity contribution in [3.8, 4) is 0 Å². The first-order chi connectivity index (χ1) is 8.20. The normalized spacial score (nSPS) is 12.9. The van der Waals surface area contributed by atoms with Gasteiger partial charge in [0.1, 0.15) is 0 Å². The van der Waals surface area contributed by atoms with Crippen LogP contribution in [0.2, 0.25) is 0 Å². The van der Waals surface area contributed by atoms with Crippen LogP contribution in [-0.2, 0) is 4.79 Å². The van der Waals surface area contributed by atoms with E-state index in [4.69, 9.17) is 10.2 Å². The minimum Gasteiger partial charge on any atom is -0.481 e. The summed E-state index contributed by atoms with van der Waals surface area (Å²) >= 11 is 0. The number of aliphatic hydroxyl groups excluding tert-OH is 1. The minimum atomic E-state index is -0.827. The van der Waals surface area contributed by atoms with Crippen molar-refractivity contribution in [2.45, 2.75) is 39.2 Å². The van der Waals surface area contributed by atoms with E-state index in [1.54, 1.807) is 20.9 Å². The average Bonchev–Trinajstić information content (AvgIpc) is 2.32. The Hall–Kier alpha value is -1.30. The van der Waals surface area contributed by atoms with Crippen molar-refractivity contribution >= 4 is 12.0 Å². The number of carboxylic acids is 1. The zero-order valence-electron chi connectivity index (χ0n) is 11.6. The van der Waals surface area contributed by atoms with Crippen molar-refractivity contribution in [2.24, 2.45) is 5.92 Å². The van der Waals surface area contributed by atoms with Gasteiger partial charge in [-0.15, -0.1) is 0 Å².